The van der Waals surface area contributed by atoms with Crippen molar-refractivity contribution in [1.82, 2.24) is 15.1 Å². The molecule has 1 unspecified atom stereocenters. The molecule has 0 spiro atoms. The molecule has 0 fully saturated rings. The number of ether oxygens (including phenoxy) is 1. The Bertz CT molecular complexity index is 1010. The van der Waals surface area contributed by atoms with Crippen LogP contribution in [-0.4, -0.2) is 78.8 Å². The molecule has 0 radical (unpaired) electrons. The molecule has 2 aromatic carbocycles. The van der Waals surface area contributed by atoms with Crippen molar-refractivity contribution in [2.45, 2.75) is 31.7 Å². The second kappa shape index (κ2) is 10.7. The van der Waals surface area contributed by atoms with Crippen LogP contribution in [0.4, 0.5) is 4.79 Å². The molecule has 0 aliphatic heterocycles. The summed E-state index contributed by atoms with van der Waals surface area (Å²) in [5.74, 6) is -1.65. The molecule has 0 heterocycles. The molecule has 8 nitrogen and oxygen atoms in total. The Hall–Kier alpha value is -3.39. The van der Waals surface area contributed by atoms with Crippen molar-refractivity contribution in [2.24, 2.45) is 0 Å². The van der Waals surface area contributed by atoms with E-state index in [1.165, 1.54) is 4.90 Å². The largest absolute Gasteiger partial charge is 0.480 e. The van der Waals surface area contributed by atoms with Crippen LogP contribution in [0.25, 0.3) is 11.1 Å². The average molecular weight is 468 g/mol. The Morgan fingerprint density at radius 1 is 1.00 bits per heavy atom. The first-order chi connectivity index (χ1) is 16.2. The van der Waals surface area contributed by atoms with Gasteiger partial charge in [0.05, 0.1) is 0 Å². The van der Waals surface area contributed by atoms with Gasteiger partial charge in [0.2, 0.25) is 5.91 Å². The number of carbonyl (C=O) groups is 3. The van der Waals surface area contributed by atoms with E-state index in [1.807, 2.05) is 55.4 Å². The van der Waals surface area contributed by atoms with Crippen LogP contribution < -0.4 is 5.32 Å². The van der Waals surface area contributed by atoms with E-state index in [0.717, 1.165) is 22.3 Å². The van der Waals surface area contributed by atoms with Crippen LogP contribution in [0.3, 0.4) is 0 Å². The van der Waals surface area contributed by atoms with Crippen molar-refractivity contribution in [3.05, 3.63) is 59.7 Å². The molecule has 0 saturated heterocycles. The zero-order valence-electron chi connectivity index (χ0n) is 20.2. The summed E-state index contributed by atoms with van der Waals surface area (Å²) < 4.78 is 5.60. The lowest BCUT2D eigenvalue weighted by Gasteiger charge is -2.34. The molecule has 0 bridgehead atoms. The first kappa shape index (κ1) is 25.2. The number of alkyl carbamates (subject to hydrolysis) is 1. The van der Waals surface area contributed by atoms with E-state index in [0.29, 0.717) is 6.54 Å². The lowest BCUT2D eigenvalue weighted by atomic mass is 9.96. The van der Waals surface area contributed by atoms with Crippen LogP contribution in [0.15, 0.2) is 48.5 Å². The Balaban J connectivity index is 1.70. The number of amides is 2. The highest BCUT2D eigenvalue weighted by atomic mass is 16.5. The van der Waals surface area contributed by atoms with Crippen LogP contribution in [-0.2, 0) is 14.3 Å². The Morgan fingerprint density at radius 3 is 2.06 bits per heavy atom. The van der Waals surface area contributed by atoms with Gasteiger partial charge in [-0.3, -0.25) is 9.59 Å². The highest BCUT2D eigenvalue weighted by Gasteiger charge is 2.38. The van der Waals surface area contributed by atoms with Gasteiger partial charge in [-0.15, -0.1) is 0 Å². The molecular weight excluding hydrogens is 434 g/mol. The summed E-state index contributed by atoms with van der Waals surface area (Å²) in [5.41, 5.74) is 3.17. The number of carboxylic acid groups (broad SMARTS) is 1. The molecule has 182 valence electrons. The first-order valence-electron chi connectivity index (χ1n) is 11.5. The van der Waals surface area contributed by atoms with Gasteiger partial charge in [-0.05, 0) is 49.7 Å². The number of likely N-dealkylation sites (N-methyl/N-ethyl adjacent to an activating group) is 1. The summed E-state index contributed by atoms with van der Waals surface area (Å²) in [6.45, 7) is 3.81. The number of nitrogens with zero attached hydrogens (tertiary/aromatic N) is 2. The number of rotatable bonds is 10. The van der Waals surface area contributed by atoms with Gasteiger partial charge in [-0.1, -0.05) is 55.5 Å². The topological polar surface area (TPSA) is 99.2 Å². The monoisotopic (exact) mass is 467 g/mol. The molecule has 1 aliphatic carbocycles. The standard InChI is InChI=1S/C26H33N3O5/c1-5-26(2,24(32)29(16-23(30)31)15-14-28(3)4)27-25(33)34-17-22-20-12-8-6-10-18(20)19-11-7-9-13-21(19)22/h6-13,22H,5,14-17H2,1-4H3,(H,27,33)(H,30,31). The summed E-state index contributed by atoms with van der Waals surface area (Å²) in [5, 5.41) is 12.0. The molecule has 1 atom stereocenters. The van der Waals surface area contributed by atoms with Gasteiger partial charge in [0.25, 0.3) is 0 Å². The lowest BCUT2D eigenvalue weighted by Crippen LogP contribution is -2.59. The highest BCUT2D eigenvalue weighted by Crippen LogP contribution is 2.44. The van der Waals surface area contributed by atoms with Gasteiger partial charge < -0.3 is 25.0 Å². The number of hydrogen-bond acceptors (Lipinski definition) is 5. The predicted molar refractivity (Wildman–Crippen MR) is 130 cm³/mol. The molecule has 8 heteroatoms. The van der Waals surface area contributed by atoms with Gasteiger partial charge in [0, 0.05) is 19.0 Å². The molecule has 2 amide bonds. The van der Waals surface area contributed by atoms with Gasteiger partial charge >= 0.3 is 12.1 Å². The number of fused-ring (bicyclic) bond motifs is 3. The maximum atomic E-state index is 13.2. The number of hydrogen-bond donors (Lipinski definition) is 2. The quantitative estimate of drug-likeness (QED) is 0.557. The third kappa shape index (κ3) is 5.56. The van der Waals surface area contributed by atoms with E-state index in [2.05, 4.69) is 17.4 Å². The minimum Gasteiger partial charge on any atom is -0.480 e. The van der Waals surface area contributed by atoms with Crippen LogP contribution >= 0.6 is 0 Å². The molecule has 34 heavy (non-hydrogen) atoms. The molecule has 1 aliphatic rings. The lowest BCUT2D eigenvalue weighted by molar-refractivity contribution is -0.147. The first-order valence-corrected chi connectivity index (χ1v) is 11.5. The summed E-state index contributed by atoms with van der Waals surface area (Å²) in [6, 6.07) is 16.1. The fourth-order valence-corrected chi connectivity index (χ4v) is 4.24. The van der Waals surface area contributed by atoms with Crippen LogP contribution in [0.2, 0.25) is 0 Å². The Kier molecular flexibility index (Phi) is 7.94. The van der Waals surface area contributed by atoms with Crippen molar-refractivity contribution in [1.29, 1.82) is 0 Å². The van der Waals surface area contributed by atoms with Crippen molar-refractivity contribution >= 4 is 18.0 Å². The minimum absolute atomic E-state index is 0.0923. The minimum atomic E-state index is -1.29. The third-order valence-electron chi connectivity index (χ3n) is 6.33. The van der Waals surface area contributed by atoms with E-state index in [1.54, 1.807) is 13.8 Å². The molecule has 0 saturated carbocycles. The van der Waals surface area contributed by atoms with E-state index >= 15 is 0 Å². The van der Waals surface area contributed by atoms with E-state index in [9.17, 15) is 19.5 Å². The Labute approximate surface area is 200 Å². The van der Waals surface area contributed by atoms with Crippen molar-refractivity contribution in [3.63, 3.8) is 0 Å². The predicted octanol–water partition coefficient (Wildman–Crippen LogP) is 3.17. The van der Waals surface area contributed by atoms with Gasteiger partial charge in [0.1, 0.15) is 18.7 Å². The third-order valence-corrected chi connectivity index (χ3v) is 6.33. The van der Waals surface area contributed by atoms with Crippen LogP contribution in [0.5, 0.6) is 0 Å². The van der Waals surface area contributed by atoms with Gasteiger partial charge in [-0.25, -0.2) is 4.79 Å². The number of carboxylic acids is 1. The van der Waals surface area contributed by atoms with E-state index in [-0.39, 0.29) is 25.5 Å². The van der Waals surface area contributed by atoms with Gasteiger partial charge in [0.15, 0.2) is 0 Å². The highest BCUT2D eigenvalue weighted by molar-refractivity contribution is 5.91. The second-order valence-electron chi connectivity index (χ2n) is 9.06. The fourth-order valence-electron chi connectivity index (χ4n) is 4.24. The SMILES string of the molecule is CCC(C)(NC(=O)OCC1c2ccccc2-c2ccccc21)C(=O)N(CCN(C)C)CC(=O)O. The second-order valence-corrected chi connectivity index (χ2v) is 9.06. The smallest absolute Gasteiger partial charge is 0.408 e. The average Bonchev–Trinajstić information content (AvgIpc) is 3.13. The normalized spacial score (nSPS) is 14.1. The molecule has 3 rings (SSSR count). The zero-order valence-corrected chi connectivity index (χ0v) is 20.2. The molecule has 2 N–H and O–H groups in total. The number of benzene rings is 2. The number of aliphatic carboxylic acids is 1. The van der Waals surface area contributed by atoms with Crippen molar-refractivity contribution in [3.8, 4) is 11.1 Å². The van der Waals surface area contributed by atoms with Crippen LogP contribution in [0, 0.1) is 0 Å². The molecule has 2 aromatic rings. The fraction of sp³-hybridized carbons (Fsp3) is 0.423. The zero-order chi connectivity index (χ0) is 24.9. The summed E-state index contributed by atoms with van der Waals surface area (Å²) in [7, 11) is 3.69. The summed E-state index contributed by atoms with van der Waals surface area (Å²) in [4.78, 5) is 40.5. The van der Waals surface area contributed by atoms with Crippen LogP contribution in [0.1, 0.15) is 37.3 Å². The van der Waals surface area contributed by atoms with Crippen molar-refractivity contribution < 1.29 is 24.2 Å². The maximum absolute atomic E-state index is 13.2. The number of carbonyl (C=O) groups excluding carboxylic acids is 2. The summed E-state index contributed by atoms with van der Waals surface area (Å²) in [6.07, 6.45) is -0.420. The van der Waals surface area contributed by atoms with E-state index in [4.69, 9.17) is 4.74 Å². The number of nitrogens with one attached hydrogen (secondary N) is 1. The van der Waals surface area contributed by atoms with Gasteiger partial charge in [-0.2, -0.15) is 0 Å². The van der Waals surface area contributed by atoms with Crippen molar-refractivity contribution in [2.75, 3.05) is 40.3 Å². The summed E-state index contributed by atoms with van der Waals surface area (Å²) >= 11 is 0. The Morgan fingerprint density at radius 2 is 1.56 bits per heavy atom. The van der Waals surface area contributed by atoms with E-state index < -0.39 is 30.1 Å². The molecular formula is C26H33N3O5. The maximum Gasteiger partial charge on any atom is 0.408 e. The molecule has 0 aromatic heterocycles.